The van der Waals surface area contributed by atoms with Gasteiger partial charge in [-0.1, -0.05) is 26.8 Å². The standard InChI is InChI=1S/C21H32N4O2S/c1-5-12-23-13-10-17(11-14-23)21-16(4)25(22)20-9-8-18(15-19(20)21)28(26,27)24(6-2)7-3/h8-10,15H,5-7,11-14,22H2,1-4H3. The fourth-order valence-electron chi connectivity index (χ4n) is 4.16. The van der Waals surface area contributed by atoms with Gasteiger partial charge in [0.1, 0.15) is 0 Å². The van der Waals surface area contributed by atoms with Gasteiger partial charge in [-0.25, -0.2) is 8.42 Å². The Labute approximate surface area is 168 Å². The van der Waals surface area contributed by atoms with Crippen LogP contribution in [0.3, 0.4) is 0 Å². The Morgan fingerprint density at radius 2 is 1.89 bits per heavy atom. The van der Waals surface area contributed by atoms with Crippen LogP contribution in [0.1, 0.15) is 44.9 Å². The van der Waals surface area contributed by atoms with Gasteiger partial charge >= 0.3 is 0 Å². The van der Waals surface area contributed by atoms with Crippen molar-refractivity contribution in [2.24, 2.45) is 0 Å². The zero-order valence-corrected chi connectivity index (χ0v) is 18.2. The lowest BCUT2D eigenvalue weighted by molar-refractivity contribution is 0.302. The van der Waals surface area contributed by atoms with E-state index in [1.807, 2.05) is 26.8 Å². The molecule has 1 aromatic carbocycles. The van der Waals surface area contributed by atoms with Crippen LogP contribution in [0.15, 0.2) is 29.2 Å². The lowest BCUT2D eigenvalue weighted by atomic mass is 9.96. The molecule has 0 fully saturated rings. The molecule has 0 radical (unpaired) electrons. The number of nitrogen functional groups attached to an aromatic ring is 1. The summed E-state index contributed by atoms with van der Waals surface area (Å²) in [6, 6.07) is 5.30. The SMILES string of the molecule is CCCN1CC=C(c2c(C)n(N)c3ccc(S(=O)(=O)N(CC)CC)cc23)CC1. The summed E-state index contributed by atoms with van der Waals surface area (Å²) in [4.78, 5) is 2.77. The summed E-state index contributed by atoms with van der Waals surface area (Å²) in [5.74, 6) is 6.31. The Bertz CT molecular complexity index is 987. The van der Waals surface area contributed by atoms with Crippen molar-refractivity contribution in [2.75, 3.05) is 38.6 Å². The molecule has 0 amide bonds. The fraction of sp³-hybridized carbons (Fsp3) is 0.524. The van der Waals surface area contributed by atoms with Crippen LogP contribution in [0, 0.1) is 6.92 Å². The Morgan fingerprint density at radius 3 is 2.46 bits per heavy atom. The normalized spacial score (nSPS) is 16.1. The molecule has 0 aliphatic carbocycles. The maximum absolute atomic E-state index is 13.0. The molecular weight excluding hydrogens is 372 g/mol. The van der Waals surface area contributed by atoms with Crippen molar-refractivity contribution in [2.45, 2.75) is 45.4 Å². The molecule has 0 saturated heterocycles. The topological polar surface area (TPSA) is 71.6 Å². The molecule has 28 heavy (non-hydrogen) atoms. The third-order valence-electron chi connectivity index (χ3n) is 5.72. The van der Waals surface area contributed by atoms with Crippen LogP contribution < -0.4 is 5.84 Å². The van der Waals surface area contributed by atoms with Crippen LogP contribution in [0.2, 0.25) is 0 Å². The van der Waals surface area contributed by atoms with Crippen LogP contribution in [0.4, 0.5) is 0 Å². The van der Waals surface area contributed by atoms with Crippen molar-refractivity contribution in [3.05, 3.63) is 35.5 Å². The zero-order valence-electron chi connectivity index (χ0n) is 17.4. The lowest BCUT2D eigenvalue weighted by Gasteiger charge is -2.26. The van der Waals surface area contributed by atoms with E-state index >= 15 is 0 Å². The number of hydrogen-bond acceptors (Lipinski definition) is 4. The van der Waals surface area contributed by atoms with Crippen LogP contribution in [0.5, 0.6) is 0 Å². The van der Waals surface area contributed by atoms with Gasteiger partial charge in [0, 0.05) is 42.8 Å². The number of benzene rings is 1. The van der Waals surface area contributed by atoms with Crippen LogP contribution in [-0.4, -0.2) is 55.0 Å². The highest BCUT2D eigenvalue weighted by Crippen LogP contribution is 2.35. The van der Waals surface area contributed by atoms with Crippen LogP contribution in [0.25, 0.3) is 16.5 Å². The Kier molecular flexibility index (Phi) is 6.17. The van der Waals surface area contributed by atoms with Crippen molar-refractivity contribution < 1.29 is 8.42 Å². The zero-order chi connectivity index (χ0) is 20.5. The molecule has 2 heterocycles. The minimum atomic E-state index is -3.50. The molecular formula is C21H32N4O2S. The summed E-state index contributed by atoms with van der Waals surface area (Å²) < 4.78 is 29.2. The van der Waals surface area contributed by atoms with E-state index in [-0.39, 0.29) is 0 Å². The average Bonchev–Trinajstić information content (AvgIpc) is 2.94. The van der Waals surface area contributed by atoms with Gasteiger partial charge < -0.3 is 5.84 Å². The second-order valence-corrected chi connectivity index (χ2v) is 9.32. The molecule has 3 rings (SSSR count). The van der Waals surface area contributed by atoms with E-state index < -0.39 is 10.0 Å². The number of rotatable bonds is 7. The number of aromatic nitrogens is 1. The van der Waals surface area contributed by atoms with Crippen molar-refractivity contribution in [3.8, 4) is 0 Å². The highest BCUT2D eigenvalue weighted by molar-refractivity contribution is 7.89. The fourth-order valence-corrected chi connectivity index (χ4v) is 5.64. The molecule has 1 aliphatic heterocycles. The second-order valence-electron chi connectivity index (χ2n) is 7.38. The summed E-state index contributed by atoms with van der Waals surface area (Å²) in [6.07, 6.45) is 4.37. The first kappa shape index (κ1) is 20.9. The van der Waals surface area contributed by atoms with Gasteiger partial charge in [-0.05, 0) is 50.1 Å². The maximum Gasteiger partial charge on any atom is 0.243 e. The number of nitrogens with two attached hydrogens (primary N) is 1. The van der Waals surface area contributed by atoms with Gasteiger partial charge in [0.15, 0.2) is 0 Å². The predicted octanol–water partition coefficient (Wildman–Crippen LogP) is 3.19. The third kappa shape index (κ3) is 3.58. The second kappa shape index (κ2) is 8.27. The number of fused-ring (bicyclic) bond motifs is 1. The monoisotopic (exact) mass is 404 g/mol. The van der Waals surface area contributed by atoms with E-state index in [1.54, 1.807) is 16.8 Å². The van der Waals surface area contributed by atoms with Crippen molar-refractivity contribution >= 4 is 26.5 Å². The third-order valence-corrected chi connectivity index (χ3v) is 7.76. The quantitative estimate of drug-likeness (QED) is 0.720. The number of hydrogen-bond donors (Lipinski definition) is 1. The van der Waals surface area contributed by atoms with E-state index in [4.69, 9.17) is 5.84 Å². The summed E-state index contributed by atoms with van der Waals surface area (Å²) in [5, 5.41) is 0.920. The molecule has 7 heteroatoms. The van der Waals surface area contributed by atoms with Crippen molar-refractivity contribution in [1.29, 1.82) is 0 Å². The van der Waals surface area contributed by atoms with Gasteiger partial charge in [-0.2, -0.15) is 4.31 Å². The first-order valence-corrected chi connectivity index (χ1v) is 11.6. The molecule has 2 N–H and O–H groups in total. The van der Waals surface area contributed by atoms with Gasteiger partial charge in [-0.15, -0.1) is 0 Å². The Balaban J connectivity index is 2.10. The minimum Gasteiger partial charge on any atom is -0.339 e. The molecule has 2 aromatic rings. The molecule has 0 atom stereocenters. The molecule has 0 saturated carbocycles. The highest BCUT2D eigenvalue weighted by Gasteiger charge is 2.25. The van der Waals surface area contributed by atoms with E-state index in [1.165, 1.54) is 9.88 Å². The molecule has 6 nitrogen and oxygen atoms in total. The first-order valence-electron chi connectivity index (χ1n) is 10.2. The Morgan fingerprint density at radius 1 is 1.18 bits per heavy atom. The molecule has 0 spiro atoms. The van der Waals surface area contributed by atoms with Crippen LogP contribution >= 0.6 is 0 Å². The van der Waals surface area contributed by atoms with Gasteiger partial charge in [0.2, 0.25) is 10.0 Å². The van der Waals surface area contributed by atoms with E-state index in [9.17, 15) is 8.42 Å². The summed E-state index contributed by atoms with van der Waals surface area (Å²) in [7, 11) is -3.50. The van der Waals surface area contributed by atoms with Crippen LogP contribution in [-0.2, 0) is 10.0 Å². The summed E-state index contributed by atoms with van der Waals surface area (Å²) in [5.41, 5.74) is 4.19. The molecule has 154 valence electrons. The molecule has 1 aromatic heterocycles. The number of nitrogens with zero attached hydrogens (tertiary/aromatic N) is 3. The minimum absolute atomic E-state index is 0.333. The molecule has 0 bridgehead atoms. The van der Waals surface area contributed by atoms with E-state index in [0.717, 1.165) is 54.6 Å². The molecule has 0 unspecified atom stereocenters. The predicted molar refractivity (Wildman–Crippen MR) is 116 cm³/mol. The van der Waals surface area contributed by atoms with Crippen molar-refractivity contribution in [3.63, 3.8) is 0 Å². The van der Waals surface area contributed by atoms with E-state index in [0.29, 0.717) is 18.0 Å². The van der Waals surface area contributed by atoms with Gasteiger partial charge in [0.05, 0.1) is 10.4 Å². The summed E-state index contributed by atoms with van der Waals surface area (Å²) in [6.45, 7) is 11.9. The largest absolute Gasteiger partial charge is 0.339 e. The van der Waals surface area contributed by atoms with E-state index in [2.05, 4.69) is 17.9 Å². The smallest absolute Gasteiger partial charge is 0.243 e. The number of sulfonamides is 1. The highest BCUT2D eigenvalue weighted by atomic mass is 32.2. The first-order chi connectivity index (χ1) is 13.3. The van der Waals surface area contributed by atoms with Gasteiger partial charge in [-0.3, -0.25) is 9.58 Å². The average molecular weight is 405 g/mol. The summed E-state index contributed by atoms with van der Waals surface area (Å²) >= 11 is 0. The Hall–Kier alpha value is -1.83. The maximum atomic E-state index is 13.0. The molecule has 1 aliphatic rings. The van der Waals surface area contributed by atoms with Gasteiger partial charge in [0.25, 0.3) is 0 Å². The van der Waals surface area contributed by atoms with Crippen molar-refractivity contribution in [1.82, 2.24) is 13.9 Å². The lowest BCUT2D eigenvalue weighted by Crippen LogP contribution is -2.30.